The molecule has 0 unspecified atom stereocenters. The van der Waals surface area contributed by atoms with Gasteiger partial charge in [0.05, 0.1) is 13.7 Å². The Kier molecular flexibility index (Phi) is 8.39. The van der Waals surface area contributed by atoms with Gasteiger partial charge in [0, 0.05) is 26.7 Å². The first kappa shape index (κ1) is 16.2. The zero-order valence-electron chi connectivity index (χ0n) is 11.7. The van der Waals surface area contributed by atoms with Crippen LogP contribution in [0.5, 0.6) is 5.75 Å². The van der Waals surface area contributed by atoms with Crippen molar-refractivity contribution in [3.05, 3.63) is 24.3 Å². The maximum atomic E-state index is 9.82. The van der Waals surface area contributed by atoms with Crippen molar-refractivity contribution in [1.82, 2.24) is 5.01 Å². The molecule has 0 aliphatic carbocycles. The lowest BCUT2D eigenvalue weighted by molar-refractivity contribution is -0.140. The van der Waals surface area contributed by atoms with Crippen LogP contribution in [-0.4, -0.2) is 38.8 Å². The number of ether oxygens (including phenoxy) is 2. The number of carbonyl (C=O) groups excluding carboxylic acids is 1. The predicted molar refractivity (Wildman–Crippen MR) is 72.6 cm³/mol. The predicted octanol–water partition coefficient (Wildman–Crippen LogP) is 2.15. The van der Waals surface area contributed by atoms with E-state index in [-0.39, 0.29) is 5.97 Å². The van der Waals surface area contributed by atoms with E-state index >= 15 is 0 Å². The van der Waals surface area contributed by atoms with Gasteiger partial charge in [-0.1, -0.05) is 0 Å². The first-order valence-corrected chi connectivity index (χ1v) is 5.71. The van der Waals surface area contributed by atoms with Crippen molar-refractivity contribution in [1.29, 1.82) is 0 Å². The summed E-state index contributed by atoms with van der Waals surface area (Å²) >= 11 is 0. The Morgan fingerprint density at radius 1 is 1.28 bits per heavy atom. The van der Waals surface area contributed by atoms with E-state index < -0.39 is 0 Å². The van der Waals surface area contributed by atoms with Gasteiger partial charge in [-0.2, -0.15) is 0 Å². The van der Waals surface area contributed by atoms with Crippen LogP contribution in [0.1, 0.15) is 13.8 Å². The Hall–Kier alpha value is -1.75. The molecule has 0 aliphatic rings. The molecular formula is C13H22N2O3. The molecule has 0 aliphatic heterocycles. The van der Waals surface area contributed by atoms with Crippen molar-refractivity contribution < 1.29 is 14.3 Å². The van der Waals surface area contributed by atoms with Gasteiger partial charge >= 0.3 is 5.97 Å². The molecule has 1 rings (SSSR count). The number of hydrazine groups is 1. The quantitative estimate of drug-likeness (QED) is 0.659. The molecular weight excluding hydrogens is 232 g/mol. The second-order valence-electron chi connectivity index (χ2n) is 3.66. The van der Waals surface area contributed by atoms with E-state index in [4.69, 9.17) is 4.74 Å². The summed E-state index contributed by atoms with van der Waals surface area (Å²) in [6, 6.07) is 7.79. The van der Waals surface area contributed by atoms with Crippen LogP contribution < -0.4 is 10.2 Å². The third-order valence-electron chi connectivity index (χ3n) is 1.79. The zero-order chi connectivity index (χ0) is 14.0. The van der Waals surface area contributed by atoms with Gasteiger partial charge in [0.15, 0.2) is 0 Å². The molecule has 0 radical (unpaired) electrons. The van der Waals surface area contributed by atoms with Crippen molar-refractivity contribution in [2.45, 2.75) is 13.8 Å². The molecule has 1 aromatic carbocycles. The lowest BCUT2D eigenvalue weighted by Gasteiger charge is -2.13. The zero-order valence-corrected chi connectivity index (χ0v) is 11.7. The number of esters is 1. The molecule has 0 saturated heterocycles. The number of nitrogens with one attached hydrogen (secondary N) is 1. The van der Waals surface area contributed by atoms with Gasteiger partial charge in [0.1, 0.15) is 5.75 Å². The Bertz CT molecular complexity index is 337. The highest BCUT2D eigenvalue weighted by Crippen LogP contribution is 2.14. The molecule has 1 N–H and O–H groups in total. The average Bonchev–Trinajstić information content (AvgIpc) is 2.30. The molecule has 18 heavy (non-hydrogen) atoms. The van der Waals surface area contributed by atoms with Gasteiger partial charge in [-0.05, 0) is 31.2 Å². The Morgan fingerprint density at radius 2 is 1.83 bits per heavy atom. The first-order chi connectivity index (χ1) is 8.49. The fourth-order valence-corrected chi connectivity index (χ4v) is 1.13. The maximum absolute atomic E-state index is 9.82. The largest absolute Gasteiger partial charge is 0.497 e. The Morgan fingerprint density at radius 3 is 2.11 bits per heavy atom. The normalized spacial score (nSPS) is 9.22. The number of nitrogens with zero attached hydrogens (tertiary/aromatic N) is 1. The minimum atomic E-state index is -0.211. The van der Waals surface area contributed by atoms with Crippen molar-refractivity contribution >= 4 is 11.7 Å². The van der Waals surface area contributed by atoms with Gasteiger partial charge < -0.3 is 14.9 Å². The van der Waals surface area contributed by atoms with Crippen LogP contribution in [0.3, 0.4) is 0 Å². The lowest BCUT2D eigenvalue weighted by atomic mass is 10.3. The SMILES string of the molecule is CCOC(C)=O.COc1ccc(NN(C)C)cc1. The fraction of sp³-hybridized carbons (Fsp3) is 0.462. The van der Waals surface area contributed by atoms with Gasteiger partial charge in [-0.25, -0.2) is 5.01 Å². The summed E-state index contributed by atoms with van der Waals surface area (Å²) < 4.78 is 9.44. The monoisotopic (exact) mass is 254 g/mol. The molecule has 0 aromatic heterocycles. The topological polar surface area (TPSA) is 50.8 Å². The third-order valence-corrected chi connectivity index (χ3v) is 1.79. The molecule has 0 atom stereocenters. The summed E-state index contributed by atoms with van der Waals surface area (Å²) in [6.45, 7) is 3.65. The van der Waals surface area contributed by atoms with Gasteiger partial charge in [0.2, 0.25) is 0 Å². The molecule has 5 heteroatoms. The second-order valence-corrected chi connectivity index (χ2v) is 3.66. The average molecular weight is 254 g/mol. The van der Waals surface area contributed by atoms with Crippen LogP contribution in [0.15, 0.2) is 24.3 Å². The van der Waals surface area contributed by atoms with Gasteiger partial charge in [-0.3, -0.25) is 4.79 Å². The van der Waals surface area contributed by atoms with E-state index in [2.05, 4.69) is 10.2 Å². The molecule has 5 nitrogen and oxygen atoms in total. The van der Waals surface area contributed by atoms with Gasteiger partial charge in [0.25, 0.3) is 0 Å². The summed E-state index contributed by atoms with van der Waals surface area (Å²) in [4.78, 5) is 9.82. The number of hydrogen-bond donors (Lipinski definition) is 1. The van der Waals surface area contributed by atoms with Crippen LogP contribution in [0.4, 0.5) is 5.69 Å². The number of benzene rings is 1. The third kappa shape index (κ3) is 8.41. The highest BCUT2D eigenvalue weighted by molar-refractivity contribution is 5.65. The summed E-state index contributed by atoms with van der Waals surface area (Å²) in [6.07, 6.45) is 0. The Balaban J connectivity index is 0.000000411. The van der Waals surface area contributed by atoms with E-state index in [0.717, 1.165) is 11.4 Å². The molecule has 0 saturated carbocycles. The van der Waals surface area contributed by atoms with Crippen LogP contribution in [0, 0.1) is 0 Å². The van der Waals surface area contributed by atoms with E-state index in [1.54, 1.807) is 14.0 Å². The van der Waals surface area contributed by atoms with Crippen LogP contribution >= 0.6 is 0 Å². The van der Waals surface area contributed by atoms with Crippen molar-refractivity contribution in [2.24, 2.45) is 0 Å². The van der Waals surface area contributed by atoms with E-state index in [0.29, 0.717) is 6.61 Å². The van der Waals surface area contributed by atoms with E-state index in [9.17, 15) is 4.79 Å². The Labute approximate surface area is 109 Å². The smallest absolute Gasteiger partial charge is 0.302 e. The molecule has 1 aromatic rings. The summed E-state index contributed by atoms with van der Waals surface area (Å²) in [5.74, 6) is 0.664. The van der Waals surface area contributed by atoms with Crippen LogP contribution in [-0.2, 0) is 9.53 Å². The number of carbonyl (C=O) groups is 1. The molecule has 0 bridgehead atoms. The summed E-state index contributed by atoms with van der Waals surface area (Å²) in [5.41, 5.74) is 4.19. The molecule has 0 heterocycles. The minimum Gasteiger partial charge on any atom is -0.497 e. The summed E-state index contributed by atoms with van der Waals surface area (Å²) in [5, 5.41) is 1.89. The lowest BCUT2D eigenvalue weighted by Crippen LogP contribution is -2.19. The number of methoxy groups -OCH3 is 1. The fourth-order valence-electron chi connectivity index (χ4n) is 1.13. The minimum absolute atomic E-state index is 0.211. The first-order valence-electron chi connectivity index (χ1n) is 5.71. The van der Waals surface area contributed by atoms with Gasteiger partial charge in [-0.15, -0.1) is 0 Å². The number of rotatable bonds is 4. The number of hydrogen-bond acceptors (Lipinski definition) is 5. The second kappa shape index (κ2) is 9.30. The van der Waals surface area contributed by atoms with E-state index in [1.165, 1.54) is 6.92 Å². The highest BCUT2D eigenvalue weighted by Gasteiger charge is 1.93. The molecule has 0 fully saturated rings. The van der Waals surface area contributed by atoms with E-state index in [1.807, 2.05) is 43.4 Å². The summed E-state index contributed by atoms with van der Waals surface area (Å²) in [7, 11) is 5.56. The van der Waals surface area contributed by atoms with Crippen molar-refractivity contribution in [3.63, 3.8) is 0 Å². The van der Waals surface area contributed by atoms with Crippen molar-refractivity contribution in [2.75, 3.05) is 33.2 Å². The molecule has 0 spiro atoms. The molecule has 102 valence electrons. The standard InChI is InChI=1S/C9H14N2O.C4H8O2/c1-11(2)10-8-4-6-9(12-3)7-5-8;1-3-6-4(2)5/h4-7,10H,1-3H3;3H2,1-2H3. The van der Waals surface area contributed by atoms with Crippen LogP contribution in [0.2, 0.25) is 0 Å². The van der Waals surface area contributed by atoms with Crippen LogP contribution in [0.25, 0.3) is 0 Å². The van der Waals surface area contributed by atoms with Crippen molar-refractivity contribution in [3.8, 4) is 5.75 Å². The maximum Gasteiger partial charge on any atom is 0.302 e. The number of anilines is 1. The molecule has 0 amide bonds. The highest BCUT2D eigenvalue weighted by atomic mass is 16.5.